The summed E-state index contributed by atoms with van der Waals surface area (Å²) in [5.41, 5.74) is 1.80. The molecule has 1 aliphatic heterocycles. The van der Waals surface area contributed by atoms with Gasteiger partial charge in [-0.25, -0.2) is 8.42 Å². The summed E-state index contributed by atoms with van der Waals surface area (Å²) < 4.78 is 31.0. The Morgan fingerprint density at radius 2 is 2.04 bits per heavy atom. The number of sulfone groups is 1. The number of rotatable bonds is 6. The SMILES string of the molecule is Cc1ccc(C)c(S(=O)(=O)CCN2CCOC(CN(C)C)C2)c1. The van der Waals surface area contributed by atoms with Gasteiger partial charge in [0.05, 0.1) is 23.4 Å². The zero-order chi connectivity index (χ0) is 17.0. The van der Waals surface area contributed by atoms with Crippen molar-refractivity contribution in [2.75, 3.05) is 52.6 Å². The van der Waals surface area contributed by atoms with E-state index in [1.807, 2.05) is 40.1 Å². The molecule has 0 amide bonds. The number of nitrogens with zero attached hydrogens (tertiary/aromatic N) is 2. The lowest BCUT2D eigenvalue weighted by Crippen LogP contribution is -2.47. The van der Waals surface area contributed by atoms with Crippen LogP contribution in [-0.2, 0) is 14.6 Å². The van der Waals surface area contributed by atoms with E-state index in [9.17, 15) is 8.42 Å². The summed E-state index contributed by atoms with van der Waals surface area (Å²) in [7, 11) is 0.796. The molecule has 5 nitrogen and oxygen atoms in total. The van der Waals surface area contributed by atoms with Crippen LogP contribution in [0.3, 0.4) is 0 Å². The third-order valence-corrected chi connectivity index (χ3v) is 5.98. The maximum Gasteiger partial charge on any atom is 0.179 e. The molecule has 1 fully saturated rings. The first-order valence-corrected chi connectivity index (χ1v) is 9.72. The Kier molecular flexibility index (Phi) is 6.19. The van der Waals surface area contributed by atoms with Gasteiger partial charge in [0.1, 0.15) is 0 Å². The van der Waals surface area contributed by atoms with E-state index in [0.717, 1.165) is 30.8 Å². The highest BCUT2D eigenvalue weighted by atomic mass is 32.2. The van der Waals surface area contributed by atoms with Gasteiger partial charge in [0.2, 0.25) is 0 Å². The number of morpholine rings is 1. The minimum atomic E-state index is -3.25. The highest BCUT2D eigenvalue weighted by molar-refractivity contribution is 7.91. The normalized spacial score (nSPS) is 20.1. The molecule has 0 bridgehead atoms. The average Bonchev–Trinajstić information content (AvgIpc) is 2.47. The molecule has 0 spiro atoms. The van der Waals surface area contributed by atoms with Gasteiger partial charge in [0.25, 0.3) is 0 Å². The molecule has 23 heavy (non-hydrogen) atoms. The molecule has 2 rings (SSSR count). The lowest BCUT2D eigenvalue weighted by molar-refractivity contribution is -0.0361. The number of benzene rings is 1. The van der Waals surface area contributed by atoms with Crippen LogP contribution in [0, 0.1) is 13.8 Å². The van der Waals surface area contributed by atoms with E-state index in [1.165, 1.54) is 0 Å². The molecule has 1 aromatic rings. The lowest BCUT2D eigenvalue weighted by Gasteiger charge is -2.34. The third kappa shape index (κ3) is 5.28. The topological polar surface area (TPSA) is 49.9 Å². The molecule has 1 atom stereocenters. The summed E-state index contributed by atoms with van der Waals surface area (Å²) in [6.45, 7) is 7.46. The summed E-state index contributed by atoms with van der Waals surface area (Å²) >= 11 is 0. The second kappa shape index (κ2) is 7.75. The highest BCUT2D eigenvalue weighted by Crippen LogP contribution is 2.18. The first kappa shape index (κ1) is 18.4. The maximum absolute atomic E-state index is 12.6. The summed E-state index contributed by atoms with van der Waals surface area (Å²) in [5.74, 6) is 0.159. The summed E-state index contributed by atoms with van der Waals surface area (Å²) in [6, 6.07) is 5.60. The van der Waals surface area contributed by atoms with Crippen LogP contribution in [-0.4, -0.2) is 77.0 Å². The van der Waals surface area contributed by atoms with Crippen LogP contribution in [0.25, 0.3) is 0 Å². The maximum atomic E-state index is 12.6. The number of ether oxygens (including phenoxy) is 1. The van der Waals surface area contributed by atoms with Crippen molar-refractivity contribution in [3.63, 3.8) is 0 Å². The minimum Gasteiger partial charge on any atom is -0.374 e. The van der Waals surface area contributed by atoms with E-state index >= 15 is 0 Å². The molecule has 0 aromatic heterocycles. The molecular weight excluding hydrogens is 312 g/mol. The Labute approximate surface area is 140 Å². The second-order valence-electron chi connectivity index (χ2n) is 6.64. The fraction of sp³-hybridized carbons (Fsp3) is 0.647. The van der Waals surface area contributed by atoms with E-state index in [1.54, 1.807) is 6.07 Å². The van der Waals surface area contributed by atoms with Gasteiger partial charge < -0.3 is 9.64 Å². The Hall–Kier alpha value is -0.950. The summed E-state index contributed by atoms with van der Waals surface area (Å²) in [6.07, 6.45) is 0.155. The van der Waals surface area contributed by atoms with Crippen molar-refractivity contribution in [2.45, 2.75) is 24.8 Å². The van der Waals surface area contributed by atoms with Crippen LogP contribution in [0.5, 0.6) is 0 Å². The van der Waals surface area contributed by atoms with E-state index in [4.69, 9.17) is 4.74 Å². The molecule has 1 aromatic carbocycles. The molecule has 1 aliphatic rings. The standard InChI is InChI=1S/C17H28N2O3S/c1-14-5-6-15(2)17(11-14)23(20,21)10-8-19-7-9-22-16(13-19)12-18(3)4/h5-6,11,16H,7-10,12-13H2,1-4H3. The largest absolute Gasteiger partial charge is 0.374 e. The minimum absolute atomic E-state index is 0.155. The van der Waals surface area contributed by atoms with Crippen LogP contribution in [0.2, 0.25) is 0 Å². The van der Waals surface area contributed by atoms with Gasteiger partial charge in [0, 0.05) is 26.2 Å². The number of likely N-dealkylation sites (N-methyl/N-ethyl adjacent to an activating group) is 1. The van der Waals surface area contributed by atoms with Gasteiger partial charge in [-0.3, -0.25) is 4.90 Å². The third-order valence-electron chi connectivity index (χ3n) is 4.15. The van der Waals surface area contributed by atoms with Crippen molar-refractivity contribution < 1.29 is 13.2 Å². The van der Waals surface area contributed by atoms with Crippen molar-refractivity contribution in [3.05, 3.63) is 29.3 Å². The van der Waals surface area contributed by atoms with Crippen molar-refractivity contribution in [1.82, 2.24) is 9.80 Å². The summed E-state index contributed by atoms with van der Waals surface area (Å²) in [4.78, 5) is 4.76. The van der Waals surface area contributed by atoms with Crippen LogP contribution >= 0.6 is 0 Å². The number of hydrogen-bond donors (Lipinski definition) is 0. The number of hydrogen-bond acceptors (Lipinski definition) is 5. The molecule has 1 unspecified atom stereocenters. The van der Waals surface area contributed by atoms with Gasteiger partial charge in [0.15, 0.2) is 9.84 Å². The van der Waals surface area contributed by atoms with Crippen LogP contribution < -0.4 is 0 Å². The first-order valence-electron chi connectivity index (χ1n) is 8.06. The molecule has 0 N–H and O–H groups in total. The Balaban J connectivity index is 1.97. The molecule has 130 valence electrons. The van der Waals surface area contributed by atoms with Crippen molar-refractivity contribution in [1.29, 1.82) is 0 Å². The van der Waals surface area contributed by atoms with Crippen LogP contribution in [0.15, 0.2) is 23.1 Å². The van der Waals surface area contributed by atoms with E-state index in [-0.39, 0.29) is 11.9 Å². The Bertz CT molecular complexity index is 629. The van der Waals surface area contributed by atoms with Crippen LogP contribution in [0.4, 0.5) is 0 Å². The first-order chi connectivity index (χ1) is 10.8. The number of aryl methyl sites for hydroxylation is 2. The van der Waals surface area contributed by atoms with Crippen LogP contribution in [0.1, 0.15) is 11.1 Å². The zero-order valence-corrected chi connectivity index (χ0v) is 15.4. The highest BCUT2D eigenvalue weighted by Gasteiger charge is 2.24. The molecule has 0 saturated carbocycles. The Morgan fingerprint density at radius 1 is 1.30 bits per heavy atom. The van der Waals surface area contributed by atoms with E-state index in [0.29, 0.717) is 18.0 Å². The molecule has 1 heterocycles. The molecule has 1 saturated heterocycles. The van der Waals surface area contributed by atoms with Gasteiger partial charge in [-0.2, -0.15) is 0 Å². The van der Waals surface area contributed by atoms with E-state index in [2.05, 4.69) is 9.80 Å². The quantitative estimate of drug-likeness (QED) is 0.782. The fourth-order valence-corrected chi connectivity index (χ4v) is 4.55. The van der Waals surface area contributed by atoms with Gasteiger partial charge >= 0.3 is 0 Å². The average molecular weight is 340 g/mol. The molecule has 0 radical (unpaired) electrons. The molecular formula is C17H28N2O3S. The predicted octanol–water partition coefficient (Wildman–Crippen LogP) is 1.34. The smallest absolute Gasteiger partial charge is 0.179 e. The monoisotopic (exact) mass is 340 g/mol. The second-order valence-corrected chi connectivity index (χ2v) is 8.72. The van der Waals surface area contributed by atoms with Crippen molar-refractivity contribution in [3.8, 4) is 0 Å². The molecule has 0 aliphatic carbocycles. The van der Waals surface area contributed by atoms with Gasteiger partial charge in [-0.05, 0) is 45.1 Å². The van der Waals surface area contributed by atoms with Crippen molar-refractivity contribution in [2.24, 2.45) is 0 Å². The zero-order valence-electron chi connectivity index (χ0n) is 14.6. The molecule has 6 heteroatoms. The predicted molar refractivity (Wildman–Crippen MR) is 92.7 cm³/mol. The lowest BCUT2D eigenvalue weighted by atomic mass is 10.2. The van der Waals surface area contributed by atoms with Gasteiger partial charge in [-0.15, -0.1) is 0 Å². The Morgan fingerprint density at radius 3 is 2.74 bits per heavy atom. The van der Waals surface area contributed by atoms with Gasteiger partial charge in [-0.1, -0.05) is 12.1 Å². The van der Waals surface area contributed by atoms with E-state index < -0.39 is 9.84 Å². The van der Waals surface area contributed by atoms with Crippen molar-refractivity contribution >= 4 is 9.84 Å². The summed E-state index contributed by atoms with van der Waals surface area (Å²) in [5, 5.41) is 0. The fourth-order valence-electron chi connectivity index (χ4n) is 2.90.